The SMILES string of the molecule is CCN(CC)CC1CCN(C(=O)c2cc3cc([N+](=O)[O-])ccc3[nH]2)CC1. The Morgan fingerprint density at radius 1 is 1.27 bits per heavy atom. The number of rotatable bonds is 6. The first-order valence-corrected chi connectivity index (χ1v) is 9.30. The van der Waals surface area contributed by atoms with Crippen LogP contribution >= 0.6 is 0 Å². The minimum atomic E-state index is -0.422. The molecule has 1 aromatic heterocycles. The Kier molecular flexibility index (Phi) is 5.56. The number of benzene rings is 1. The van der Waals surface area contributed by atoms with Gasteiger partial charge in [-0.2, -0.15) is 0 Å². The number of likely N-dealkylation sites (tertiary alicyclic amines) is 1. The normalized spacial score (nSPS) is 15.7. The number of nitro groups is 1. The van der Waals surface area contributed by atoms with E-state index in [4.69, 9.17) is 0 Å². The number of piperidine rings is 1. The molecule has 7 nitrogen and oxygen atoms in total. The van der Waals surface area contributed by atoms with Crippen LogP contribution in [0.5, 0.6) is 0 Å². The fraction of sp³-hybridized carbons (Fsp3) is 0.526. The lowest BCUT2D eigenvalue weighted by molar-refractivity contribution is -0.384. The van der Waals surface area contributed by atoms with Crippen LogP contribution in [0.1, 0.15) is 37.2 Å². The van der Waals surface area contributed by atoms with Crippen molar-refractivity contribution in [3.8, 4) is 0 Å². The molecule has 1 aliphatic rings. The highest BCUT2D eigenvalue weighted by atomic mass is 16.6. The van der Waals surface area contributed by atoms with Crippen LogP contribution in [0.4, 0.5) is 5.69 Å². The maximum atomic E-state index is 12.8. The second-order valence-electron chi connectivity index (χ2n) is 6.93. The summed E-state index contributed by atoms with van der Waals surface area (Å²) in [5.74, 6) is 0.620. The maximum absolute atomic E-state index is 12.8. The summed E-state index contributed by atoms with van der Waals surface area (Å²) < 4.78 is 0. The molecule has 1 aromatic carbocycles. The van der Waals surface area contributed by atoms with E-state index >= 15 is 0 Å². The van der Waals surface area contributed by atoms with Crippen LogP contribution in [-0.2, 0) is 0 Å². The zero-order valence-electron chi connectivity index (χ0n) is 15.4. The molecule has 0 atom stereocenters. The summed E-state index contributed by atoms with van der Waals surface area (Å²) in [5.41, 5.74) is 1.28. The van der Waals surface area contributed by atoms with Crippen LogP contribution in [0.15, 0.2) is 24.3 Å². The van der Waals surface area contributed by atoms with Gasteiger partial charge in [0.15, 0.2) is 0 Å². The van der Waals surface area contributed by atoms with E-state index in [1.807, 2.05) is 4.90 Å². The molecule has 0 radical (unpaired) electrons. The van der Waals surface area contributed by atoms with Gasteiger partial charge in [0.2, 0.25) is 0 Å². The number of H-pyrrole nitrogens is 1. The van der Waals surface area contributed by atoms with Gasteiger partial charge in [0, 0.05) is 42.7 Å². The molecule has 26 heavy (non-hydrogen) atoms. The van der Waals surface area contributed by atoms with Gasteiger partial charge < -0.3 is 14.8 Å². The maximum Gasteiger partial charge on any atom is 0.270 e. The summed E-state index contributed by atoms with van der Waals surface area (Å²) in [6.45, 7) is 9.13. The van der Waals surface area contributed by atoms with Crippen molar-refractivity contribution >= 4 is 22.5 Å². The van der Waals surface area contributed by atoms with Gasteiger partial charge >= 0.3 is 0 Å². The molecule has 0 bridgehead atoms. The molecule has 1 fully saturated rings. The third-order valence-electron chi connectivity index (χ3n) is 5.36. The summed E-state index contributed by atoms with van der Waals surface area (Å²) in [6, 6.07) is 6.32. The summed E-state index contributed by atoms with van der Waals surface area (Å²) in [7, 11) is 0. The highest BCUT2D eigenvalue weighted by Gasteiger charge is 2.25. The summed E-state index contributed by atoms with van der Waals surface area (Å²) >= 11 is 0. The van der Waals surface area contributed by atoms with E-state index in [1.54, 1.807) is 12.1 Å². The number of aromatic nitrogens is 1. The molecule has 0 unspecified atom stereocenters. The molecule has 1 saturated heterocycles. The van der Waals surface area contributed by atoms with Gasteiger partial charge in [0.05, 0.1) is 4.92 Å². The molecule has 140 valence electrons. The van der Waals surface area contributed by atoms with Crippen molar-refractivity contribution < 1.29 is 9.72 Å². The smallest absolute Gasteiger partial charge is 0.270 e. The van der Waals surface area contributed by atoms with Crippen molar-refractivity contribution in [3.05, 3.63) is 40.1 Å². The molecule has 2 heterocycles. The number of carbonyl (C=O) groups is 1. The largest absolute Gasteiger partial charge is 0.351 e. The minimum Gasteiger partial charge on any atom is -0.351 e. The zero-order chi connectivity index (χ0) is 18.7. The van der Waals surface area contributed by atoms with Gasteiger partial charge in [0.25, 0.3) is 11.6 Å². The van der Waals surface area contributed by atoms with Crippen molar-refractivity contribution in [2.45, 2.75) is 26.7 Å². The monoisotopic (exact) mass is 358 g/mol. The lowest BCUT2D eigenvalue weighted by atomic mass is 9.96. The number of nitrogens with one attached hydrogen (secondary N) is 1. The Bertz CT molecular complexity index is 789. The van der Waals surface area contributed by atoms with E-state index in [1.165, 1.54) is 12.1 Å². The van der Waals surface area contributed by atoms with E-state index in [9.17, 15) is 14.9 Å². The van der Waals surface area contributed by atoms with Gasteiger partial charge in [0.1, 0.15) is 5.69 Å². The van der Waals surface area contributed by atoms with Crippen molar-refractivity contribution in [2.75, 3.05) is 32.7 Å². The predicted molar refractivity (Wildman–Crippen MR) is 101 cm³/mol. The Balaban J connectivity index is 1.65. The molecular formula is C19H26N4O3. The van der Waals surface area contributed by atoms with Crippen LogP contribution in [0.2, 0.25) is 0 Å². The van der Waals surface area contributed by atoms with Crippen molar-refractivity contribution in [2.24, 2.45) is 5.92 Å². The van der Waals surface area contributed by atoms with Crippen LogP contribution in [0, 0.1) is 16.0 Å². The van der Waals surface area contributed by atoms with Crippen molar-refractivity contribution in [1.29, 1.82) is 0 Å². The summed E-state index contributed by atoms with van der Waals surface area (Å²) in [4.78, 5) is 30.7. The quantitative estimate of drug-likeness (QED) is 0.635. The van der Waals surface area contributed by atoms with Crippen LogP contribution in [-0.4, -0.2) is 58.3 Å². The van der Waals surface area contributed by atoms with Crippen molar-refractivity contribution in [3.63, 3.8) is 0 Å². The van der Waals surface area contributed by atoms with E-state index in [-0.39, 0.29) is 11.6 Å². The van der Waals surface area contributed by atoms with E-state index in [0.717, 1.165) is 51.1 Å². The first-order valence-electron chi connectivity index (χ1n) is 9.30. The molecule has 3 rings (SSSR count). The van der Waals surface area contributed by atoms with E-state index in [0.29, 0.717) is 17.0 Å². The zero-order valence-corrected chi connectivity index (χ0v) is 15.4. The van der Waals surface area contributed by atoms with E-state index in [2.05, 4.69) is 23.7 Å². The van der Waals surface area contributed by atoms with Crippen LogP contribution in [0.3, 0.4) is 0 Å². The fourth-order valence-electron chi connectivity index (χ4n) is 3.68. The van der Waals surface area contributed by atoms with Crippen LogP contribution < -0.4 is 0 Å². The molecule has 0 aliphatic carbocycles. The fourth-order valence-corrected chi connectivity index (χ4v) is 3.68. The van der Waals surface area contributed by atoms with Gasteiger partial charge in [-0.1, -0.05) is 13.8 Å². The number of hydrogen-bond acceptors (Lipinski definition) is 4. The third-order valence-corrected chi connectivity index (χ3v) is 5.36. The standard InChI is InChI=1S/C19H26N4O3/c1-3-21(4-2)13-14-7-9-22(10-8-14)19(24)18-12-15-11-16(23(25)26)5-6-17(15)20-18/h5-6,11-12,14,20H,3-4,7-10,13H2,1-2H3. The number of nitrogens with zero attached hydrogens (tertiary/aromatic N) is 3. The first kappa shape index (κ1) is 18.4. The minimum absolute atomic E-state index is 0.0230. The number of nitro benzene ring substituents is 1. The summed E-state index contributed by atoms with van der Waals surface area (Å²) in [6.07, 6.45) is 2.04. The molecule has 1 N–H and O–H groups in total. The lowest BCUT2D eigenvalue weighted by Crippen LogP contribution is -2.41. The van der Waals surface area contributed by atoms with E-state index < -0.39 is 4.92 Å². The molecule has 0 saturated carbocycles. The van der Waals surface area contributed by atoms with Gasteiger partial charge in [-0.05, 0) is 44.0 Å². The average Bonchev–Trinajstić information content (AvgIpc) is 3.09. The molecule has 1 aliphatic heterocycles. The van der Waals surface area contributed by atoms with Gasteiger partial charge in [-0.25, -0.2) is 0 Å². The molecular weight excluding hydrogens is 332 g/mol. The van der Waals surface area contributed by atoms with Crippen LogP contribution in [0.25, 0.3) is 10.9 Å². The Morgan fingerprint density at radius 3 is 2.58 bits per heavy atom. The molecule has 1 amide bonds. The van der Waals surface area contributed by atoms with Gasteiger partial charge in [-0.3, -0.25) is 14.9 Å². The second-order valence-corrected chi connectivity index (χ2v) is 6.93. The number of amides is 1. The second kappa shape index (κ2) is 7.86. The highest BCUT2D eigenvalue weighted by Crippen LogP contribution is 2.24. The Labute approximate surface area is 153 Å². The predicted octanol–water partition coefficient (Wildman–Crippen LogP) is 3.27. The average molecular weight is 358 g/mol. The third kappa shape index (κ3) is 3.88. The Hall–Kier alpha value is -2.41. The summed E-state index contributed by atoms with van der Waals surface area (Å²) in [5, 5.41) is 11.6. The number of fused-ring (bicyclic) bond motifs is 1. The Morgan fingerprint density at radius 2 is 1.96 bits per heavy atom. The molecule has 0 spiro atoms. The lowest BCUT2D eigenvalue weighted by Gasteiger charge is -2.34. The van der Waals surface area contributed by atoms with Crippen molar-refractivity contribution in [1.82, 2.24) is 14.8 Å². The molecule has 7 heteroatoms. The topological polar surface area (TPSA) is 82.5 Å². The molecule has 2 aromatic rings. The highest BCUT2D eigenvalue weighted by molar-refractivity contribution is 5.98. The number of carbonyl (C=O) groups excluding carboxylic acids is 1. The number of hydrogen-bond donors (Lipinski definition) is 1. The number of non-ortho nitro benzene ring substituents is 1. The first-order chi connectivity index (χ1) is 12.5. The van der Waals surface area contributed by atoms with Gasteiger partial charge in [-0.15, -0.1) is 0 Å². The number of aromatic amines is 1.